The Balaban J connectivity index is 1.50. The Morgan fingerprint density at radius 2 is 1.82 bits per heavy atom. The summed E-state index contributed by atoms with van der Waals surface area (Å²) in [4.78, 5) is 6.61. The van der Waals surface area contributed by atoms with E-state index in [0.29, 0.717) is 16.9 Å². The number of aromatic nitrogens is 3. The molecule has 146 valence electrons. The summed E-state index contributed by atoms with van der Waals surface area (Å²) in [5, 5.41) is 11.7. The second-order valence-corrected chi connectivity index (χ2v) is 6.96. The Hall–Kier alpha value is -2.87. The summed E-state index contributed by atoms with van der Waals surface area (Å²) in [6.45, 7) is 6.26. The van der Waals surface area contributed by atoms with Crippen LogP contribution in [0.2, 0.25) is 0 Å². The fourth-order valence-corrected chi connectivity index (χ4v) is 3.37. The van der Waals surface area contributed by atoms with Gasteiger partial charge in [0.05, 0.1) is 6.21 Å². The van der Waals surface area contributed by atoms with Gasteiger partial charge in [-0.15, -0.1) is 5.10 Å². The molecule has 1 heterocycles. The van der Waals surface area contributed by atoms with Crippen molar-refractivity contribution >= 4 is 29.6 Å². The fourth-order valence-electron chi connectivity index (χ4n) is 2.62. The van der Waals surface area contributed by atoms with Crippen molar-refractivity contribution in [2.75, 3.05) is 23.4 Å². The molecule has 8 heteroatoms. The molecule has 0 saturated heterocycles. The SMILES string of the molecule is CCN(CC)c1ccc(/C=N\Nc2nc(SCc3ccc(F)cc3)n[nH]2)cc1. The van der Waals surface area contributed by atoms with Gasteiger partial charge in [-0.3, -0.25) is 0 Å². The third kappa shape index (κ3) is 5.56. The van der Waals surface area contributed by atoms with E-state index in [9.17, 15) is 4.39 Å². The lowest BCUT2D eigenvalue weighted by Gasteiger charge is -2.20. The maximum atomic E-state index is 12.9. The van der Waals surface area contributed by atoms with Crippen molar-refractivity contribution in [2.45, 2.75) is 24.8 Å². The smallest absolute Gasteiger partial charge is 0.240 e. The molecule has 0 bridgehead atoms. The van der Waals surface area contributed by atoms with E-state index in [-0.39, 0.29) is 5.82 Å². The van der Waals surface area contributed by atoms with Crippen LogP contribution in [0.15, 0.2) is 58.8 Å². The zero-order valence-corrected chi connectivity index (χ0v) is 16.7. The first-order valence-corrected chi connectivity index (χ1v) is 10.1. The summed E-state index contributed by atoms with van der Waals surface area (Å²) in [7, 11) is 0. The van der Waals surface area contributed by atoms with Gasteiger partial charge in [-0.05, 0) is 49.2 Å². The predicted octanol–water partition coefficient (Wildman–Crippen LogP) is 4.53. The van der Waals surface area contributed by atoms with Gasteiger partial charge < -0.3 is 4.90 Å². The first-order chi connectivity index (χ1) is 13.7. The summed E-state index contributed by atoms with van der Waals surface area (Å²) >= 11 is 1.47. The number of nitrogens with zero attached hydrogens (tertiary/aromatic N) is 4. The van der Waals surface area contributed by atoms with Crippen molar-refractivity contribution in [3.05, 3.63) is 65.5 Å². The van der Waals surface area contributed by atoms with E-state index in [2.05, 4.69) is 56.6 Å². The summed E-state index contributed by atoms with van der Waals surface area (Å²) in [6.07, 6.45) is 1.74. The van der Waals surface area contributed by atoms with Crippen LogP contribution in [0.5, 0.6) is 0 Å². The third-order valence-corrected chi connectivity index (χ3v) is 5.07. The number of halogens is 1. The number of benzene rings is 2. The van der Waals surface area contributed by atoms with Gasteiger partial charge in [-0.1, -0.05) is 36.0 Å². The topological polar surface area (TPSA) is 69.2 Å². The van der Waals surface area contributed by atoms with E-state index in [0.717, 1.165) is 24.2 Å². The van der Waals surface area contributed by atoms with E-state index in [1.807, 2.05) is 12.1 Å². The maximum Gasteiger partial charge on any atom is 0.240 e. The molecule has 0 radical (unpaired) electrons. The average molecular weight is 399 g/mol. The molecule has 0 aliphatic heterocycles. The molecular weight excluding hydrogens is 375 g/mol. The second kappa shape index (κ2) is 9.89. The summed E-state index contributed by atoms with van der Waals surface area (Å²) in [5.74, 6) is 0.899. The highest BCUT2D eigenvalue weighted by atomic mass is 32.2. The molecule has 2 N–H and O–H groups in total. The monoisotopic (exact) mass is 398 g/mol. The molecule has 0 aliphatic carbocycles. The number of hydrogen-bond donors (Lipinski definition) is 2. The lowest BCUT2D eigenvalue weighted by atomic mass is 10.2. The van der Waals surface area contributed by atoms with E-state index in [4.69, 9.17) is 0 Å². The third-order valence-electron chi connectivity index (χ3n) is 4.15. The molecule has 0 amide bonds. The lowest BCUT2D eigenvalue weighted by Crippen LogP contribution is -2.21. The van der Waals surface area contributed by atoms with Crippen molar-refractivity contribution in [3.8, 4) is 0 Å². The minimum absolute atomic E-state index is 0.237. The number of nitrogens with one attached hydrogen (secondary N) is 2. The van der Waals surface area contributed by atoms with Gasteiger partial charge in [0.25, 0.3) is 0 Å². The van der Waals surface area contributed by atoms with Crippen LogP contribution in [-0.2, 0) is 5.75 Å². The molecule has 0 aliphatic rings. The summed E-state index contributed by atoms with van der Waals surface area (Å²) in [6, 6.07) is 14.6. The minimum Gasteiger partial charge on any atom is -0.372 e. The number of H-pyrrole nitrogens is 1. The van der Waals surface area contributed by atoms with Crippen LogP contribution >= 0.6 is 11.8 Å². The molecule has 0 spiro atoms. The summed E-state index contributed by atoms with van der Waals surface area (Å²) < 4.78 is 12.9. The number of anilines is 2. The Labute approximate surface area is 168 Å². The fraction of sp³-hybridized carbons (Fsp3) is 0.250. The van der Waals surface area contributed by atoms with Gasteiger partial charge in [0.15, 0.2) is 0 Å². The molecule has 0 unspecified atom stereocenters. The molecule has 0 saturated carbocycles. The molecule has 3 rings (SSSR count). The molecule has 1 aromatic heterocycles. The molecule has 2 aromatic carbocycles. The number of thioether (sulfide) groups is 1. The van der Waals surface area contributed by atoms with Gasteiger partial charge in [-0.25, -0.2) is 14.9 Å². The van der Waals surface area contributed by atoms with Crippen LogP contribution in [-0.4, -0.2) is 34.5 Å². The number of rotatable bonds is 9. The lowest BCUT2D eigenvalue weighted by molar-refractivity contribution is 0.627. The molecule has 3 aromatic rings. The minimum atomic E-state index is -0.237. The standard InChI is InChI=1S/C20H23FN6S/c1-3-27(4-2)18-11-7-15(8-12-18)13-22-24-19-23-20(26-25-19)28-14-16-5-9-17(21)10-6-16/h5-13H,3-4,14H2,1-2H3,(H2,23,24,25,26)/b22-13-. The zero-order valence-electron chi connectivity index (χ0n) is 15.9. The van der Waals surface area contributed by atoms with Crippen molar-refractivity contribution in [3.63, 3.8) is 0 Å². The largest absolute Gasteiger partial charge is 0.372 e. The van der Waals surface area contributed by atoms with Gasteiger partial charge >= 0.3 is 0 Å². The van der Waals surface area contributed by atoms with E-state index in [1.165, 1.54) is 29.6 Å². The Morgan fingerprint density at radius 3 is 2.50 bits per heavy atom. The predicted molar refractivity (Wildman–Crippen MR) is 114 cm³/mol. The van der Waals surface area contributed by atoms with E-state index < -0.39 is 0 Å². The first-order valence-electron chi connectivity index (χ1n) is 9.11. The zero-order chi connectivity index (χ0) is 19.8. The average Bonchev–Trinajstić information content (AvgIpc) is 3.17. The second-order valence-electron chi connectivity index (χ2n) is 6.02. The van der Waals surface area contributed by atoms with Crippen LogP contribution in [0.4, 0.5) is 16.0 Å². The normalized spacial score (nSPS) is 11.1. The van der Waals surface area contributed by atoms with Crippen molar-refractivity contribution in [2.24, 2.45) is 5.10 Å². The quantitative estimate of drug-likeness (QED) is 0.315. The highest BCUT2D eigenvalue weighted by molar-refractivity contribution is 7.98. The molecule has 6 nitrogen and oxygen atoms in total. The van der Waals surface area contributed by atoms with Gasteiger partial charge in [-0.2, -0.15) is 10.1 Å². The maximum absolute atomic E-state index is 12.9. The van der Waals surface area contributed by atoms with Crippen LogP contribution in [0.1, 0.15) is 25.0 Å². The van der Waals surface area contributed by atoms with Crippen LogP contribution < -0.4 is 10.3 Å². The van der Waals surface area contributed by atoms with Crippen LogP contribution in [0.3, 0.4) is 0 Å². The highest BCUT2D eigenvalue weighted by Gasteiger charge is 2.04. The summed E-state index contributed by atoms with van der Waals surface area (Å²) in [5.41, 5.74) is 6.05. The van der Waals surface area contributed by atoms with Crippen molar-refractivity contribution in [1.82, 2.24) is 15.2 Å². The number of aromatic amines is 1. The Kier molecular flexibility index (Phi) is 7.02. The molecular formula is C20H23FN6S. The Morgan fingerprint density at radius 1 is 1.11 bits per heavy atom. The van der Waals surface area contributed by atoms with Gasteiger partial charge in [0, 0.05) is 24.5 Å². The van der Waals surface area contributed by atoms with Crippen LogP contribution in [0, 0.1) is 5.82 Å². The molecule has 0 atom stereocenters. The first kappa shape index (κ1) is 19.9. The number of hydrazone groups is 1. The molecule has 0 fully saturated rings. The number of hydrogen-bond acceptors (Lipinski definition) is 6. The van der Waals surface area contributed by atoms with Gasteiger partial charge in [0.2, 0.25) is 11.1 Å². The van der Waals surface area contributed by atoms with E-state index in [1.54, 1.807) is 18.3 Å². The van der Waals surface area contributed by atoms with Crippen LogP contribution in [0.25, 0.3) is 0 Å². The molecule has 28 heavy (non-hydrogen) atoms. The Bertz CT molecular complexity index is 888. The van der Waals surface area contributed by atoms with Crippen molar-refractivity contribution < 1.29 is 4.39 Å². The highest BCUT2D eigenvalue weighted by Crippen LogP contribution is 2.20. The van der Waals surface area contributed by atoms with Crippen molar-refractivity contribution in [1.29, 1.82) is 0 Å². The van der Waals surface area contributed by atoms with Gasteiger partial charge in [0.1, 0.15) is 5.82 Å². The van der Waals surface area contributed by atoms with E-state index >= 15 is 0 Å².